The number of rotatable bonds is 5. The summed E-state index contributed by atoms with van der Waals surface area (Å²) >= 11 is 0. The molecule has 0 spiro atoms. The van der Waals surface area contributed by atoms with Gasteiger partial charge in [-0.25, -0.2) is 18.1 Å². The Labute approximate surface area is 108 Å². The summed E-state index contributed by atoms with van der Waals surface area (Å²) in [7, 11) is -3.89. The first-order valence-corrected chi connectivity index (χ1v) is 6.65. The summed E-state index contributed by atoms with van der Waals surface area (Å²) in [5.74, 6) is 0. The lowest BCUT2D eigenvalue weighted by Gasteiger charge is -2.08. The first-order chi connectivity index (χ1) is 8.74. The van der Waals surface area contributed by atoms with E-state index in [2.05, 4.69) is 4.98 Å². The average Bonchev–Trinajstić information content (AvgIpc) is 2.34. The molecular weight excluding hydrogens is 283 g/mol. The lowest BCUT2D eigenvalue weighted by molar-refractivity contribution is -0.135. The molecule has 9 heteroatoms. The molecule has 0 radical (unpaired) electrons. The van der Waals surface area contributed by atoms with Gasteiger partial charge in [0.15, 0.2) is 0 Å². The topological polar surface area (TPSA) is 82.8 Å². The van der Waals surface area contributed by atoms with E-state index in [4.69, 9.17) is 5.26 Å². The van der Waals surface area contributed by atoms with Crippen molar-refractivity contribution in [3.05, 3.63) is 24.0 Å². The lowest BCUT2D eigenvalue weighted by Crippen LogP contribution is -2.26. The van der Waals surface area contributed by atoms with Crippen LogP contribution in [0.3, 0.4) is 0 Å². The van der Waals surface area contributed by atoms with Crippen LogP contribution in [-0.4, -0.2) is 26.1 Å². The van der Waals surface area contributed by atoms with Crippen molar-refractivity contribution >= 4 is 10.0 Å². The molecule has 0 fully saturated rings. The second-order valence-electron chi connectivity index (χ2n) is 3.61. The Morgan fingerprint density at radius 3 is 2.53 bits per heavy atom. The normalized spacial score (nSPS) is 12.1. The van der Waals surface area contributed by atoms with Gasteiger partial charge in [-0.3, -0.25) is 0 Å². The van der Waals surface area contributed by atoms with Crippen LogP contribution in [0.1, 0.15) is 18.5 Å². The molecule has 1 N–H and O–H groups in total. The molecule has 0 bridgehead atoms. The van der Waals surface area contributed by atoms with Gasteiger partial charge in [-0.05, 0) is 18.6 Å². The molecule has 5 nitrogen and oxygen atoms in total. The Kier molecular flexibility index (Phi) is 4.85. The molecule has 0 saturated carbocycles. The van der Waals surface area contributed by atoms with Crippen LogP contribution in [0.25, 0.3) is 0 Å². The summed E-state index contributed by atoms with van der Waals surface area (Å²) in [5.41, 5.74) is 0.0519. The molecule has 1 aromatic heterocycles. The van der Waals surface area contributed by atoms with Gasteiger partial charge in [0.2, 0.25) is 10.0 Å². The molecule has 0 amide bonds. The fourth-order valence-electron chi connectivity index (χ4n) is 1.18. The minimum absolute atomic E-state index is 0.0519. The maximum absolute atomic E-state index is 11.9. The zero-order chi connectivity index (χ0) is 14.5. The molecule has 1 heterocycles. The largest absolute Gasteiger partial charge is 0.389 e. The maximum Gasteiger partial charge on any atom is 0.389 e. The molecule has 0 aliphatic heterocycles. The van der Waals surface area contributed by atoms with Crippen LogP contribution in [0, 0.1) is 11.3 Å². The van der Waals surface area contributed by atoms with E-state index in [0.717, 1.165) is 12.3 Å². The zero-order valence-electron chi connectivity index (χ0n) is 9.61. The van der Waals surface area contributed by atoms with Crippen LogP contribution in [-0.2, 0) is 10.0 Å². The summed E-state index contributed by atoms with van der Waals surface area (Å²) in [5, 5.41) is 8.50. The predicted octanol–water partition coefficient (Wildman–Crippen LogP) is 1.57. The van der Waals surface area contributed by atoms with Crippen molar-refractivity contribution in [3.63, 3.8) is 0 Å². The summed E-state index contributed by atoms with van der Waals surface area (Å²) in [4.78, 5) is 3.37. The number of nitrogens with one attached hydrogen (secondary N) is 1. The van der Waals surface area contributed by atoms with Gasteiger partial charge in [0.1, 0.15) is 16.7 Å². The minimum Gasteiger partial charge on any atom is -0.244 e. The van der Waals surface area contributed by atoms with Crippen LogP contribution in [0.5, 0.6) is 0 Å². The van der Waals surface area contributed by atoms with Gasteiger partial charge < -0.3 is 0 Å². The summed E-state index contributed by atoms with van der Waals surface area (Å²) < 4.78 is 60.9. The Balaban J connectivity index is 2.59. The van der Waals surface area contributed by atoms with E-state index >= 15 is 0 Å². The minimum atomic E-state index is -4.30. The van der Waals surface area contributed by atoms with Gasteiger partial charge in [-0.2, -0.15) is 18.4 Å². The first kappa shape index (κ1) is 15.4. The molecule has 0 unspecified atom stereocenters. The molecule has 0 aliphatic rings. The van der Waals surface area contributed by atoms with E-state index in [1.54, 1.807) is 6.07 Å². The van der Waals surface area contributed by atoms with Crippen molar-refractivity contribution in [3.8, 4) is 6.07 Å². The van der Waals surface area contributed by atoms with Gasteiger partial charge in [0.05, 0.1) is 0 Å². The Bertz CT molecular complexity index is 561. The predicted molar refractivity (Wildman–Crippen MR) is 59.4 cm³/mol. The van der Waals surface area contributed by atoms with Gasteiger partial charge in [-0.1, -0.05) is 0 Å². The molecule has 1 rings (SSSR count). The van der Waals surface area contributed by atoms with E-state index in [1.165, 1.54) is 6.07 Å². The third kappa shape index (κ3) is 5.23. The number of nitrogens with zero attached hydrogens (tertiary/aromatic N) is 2. The molecule has 1 aromatic rings. The molecule has 0 aliphatic carbocycles. The van der Waals surface area contributed by atoms with Crippen molar-refractivity contribution in [2.24, 2.45) is 0 Å². The number of pyridine rings is 1. The van der Waals surface area contributed by atoms with Crippen LogP contribution in [0.15, 0.2) is 23.2 Å². The second-order valence-corrected chi connectivity index (χ2v) is 5.37. The van der Waals surface area contributed by atoms with Crippen molar-refractivity contribution in [2.45, 2.75) is 23.9 Å². The van der Waals surface area contributed by atoms with E-state index in [1.807, 2.05) is 4.72 Å². The number of alkyl halides is 3. The highest BCUT2D eigenvalue weighted by atomic mass is 32.2. The second kappa shape index (κ2) is 5.99. The van der Waals surface area contributed by atoms with Crippen molar-refractivity contribution in [2.75, 3.05) is 6.54 Å². The SMILES string of the molecule is N#Cc1ccc(S(=O)(=O)NCCCC(F)(F)F)cn1. The average molecular weight is 293 g/mol. The monoisotopic (exact) mass is 293 g/mol. The summed E-state index contributed by atoms with van der Waals surface area (Å²) in [6.45, 7) is -0.318. The Hall–Kier alpha value is -1.66. The molecule has 0 atom stereocenters. The number of halogens is 3. The highest BCUT2D eigenvalue weighted by molar-refractivity contribution is 7.89. The van der Waals surface area contributed by atoms with E-state index in [9.17, 15) is 21.6 Å². The van der Waals surface area contributed by atoms with E-state index in [0.29, 0.717) is 0 Å². The van der Waals surface area contributed by atoms with E-state index < -0.39 is 22.6 Å². The molecule has 0 aromatic carbocycles. The standard InChI is InChI=1S/C10H10F3N3O2S/c11-10(12,13)4-1-5-16-19(17,18)9-3-2-8(6-14)15-7-9/h2-3,7,16H,1,4-5H2. The van der Waals surface area contributed by atoms with Crippen molar-refractivity contribution in [1.82, 2.24) is 9.71 Å². The van der Waals surface area contributed by atoms with Gasteiger partial charge in [-0.15, -0.1) is 0 Å². The number of sulfonamides is 1. The maximum atomic E-state index is 11.9. The lowest BCUT2D eigenvalue weighted by atomic mass is 10.3. The van der Waals surface area contributed by atoms with Crippen molar-refractivity contribution < 1.29 is 21.6 Å². The highest BCUT2D eigenvalue weighted by Gasteiger charge is 2.26. The fraction of sp³-hybridized carbons (Fsp3) is 0.400. The van der Waals surface area contributed by atoms with Gasteiger partial charge in [0.25, 0.3) is 0 Å². The van der Waals surface area contributed by atoms with Crippen LogP contribution in [0.4, 0.5) is 13.2 Å². The van der Waals surface area contributed by atoms with Crippen molar-refractivity contribution in [1.29, 1.82) is 5.26 Å². The van der Waals surface area contributed by atoms with Gasteiger partial charge >= 0.3 is 6.18 Å². The molecular formula is C10H10F3N3O2S. The number of hydrogen-bond donors (Lipinski definition) is 1. The third-order valence-electron chi connectivity index (χ3n) is 2.09. The van der Waals surface area contributed by atoms with Crippen LogP contribution in [0.2, 0.25) is 0 Å². The Morgan fingerprint density at radius 2 is 2.05 bits per heavy atom. The summed E-state index contributed by atoms with van der Waals surface area (Å²) in [6, 6.07) is 4.10. The Morgan fingerprint density at radius 1 is 1.37 bits per heavy atom. The van der Waals surface area contributed by atoms with Gasteiger partial charge in [0, 0.05) is 19.2 Å². The van der Waals surface area contributed by atoms with E-state index in [-0.39, 0.29) is 23.6 Å². The molecule has 104 valence electrons. The number of nitriles is 1. The van der Waals surface area contributed by atoms with Crippen LogP contribution >= 0.6 is 0 Å². The zero-order valence-corrected chi connectivity index (χ0v) is 10.4. The summed E-state index contributed by atoms with van der Waals surface area (Å²) in [6.07, 6.45) is -4.72. The van der Waals surface area contributed by atoms with Crippen LogP contribution < -0.4 is 4.72 Å². The smallest absolute Gasteiger partial charge is 0.244 e. The quantitative estimate of drug-likeness (QED) is 0.835. The molecule has 0 saturated heterocycles. The number of aromatic nitrogens is 1. The third-order valence-corrected chi connectivity index (χ3v) is 3.54. The molecule has 19 heavy (non-hydrogen) atoms. The number of hydrogen-bond acceptors (Lipinski definition) is 4. The first-order valence-electron chi connectivity index (χ1n) is 5.17. The highest BCUT2D eigenvalue weighted by Crippen LogP contribution is 2.20. The fourth-order valence-corrected chi connectivity index (χ4v) is 2.20.